The second-order valence-corrected chi connectivity index (χ2v) is 10.7. The number of carbonyl (C=O) groups excluding carboxylic acids is 1. The van der Waals surface area contributed by atoms with Crippen LogP contribution in [0, 0.1) is 0 Å². The van der Waals surface area contributed by atoms with Gasteiger partial charge in [0.2, 0.25) is 0 Å². The van der Waals surface area contributed by atoms with E-state index in [1.165, 1.54) is 48.5 Å². The summed E-state index contributed by atoms with van der Waals surface area (Å²) in [6, 6.07) is 15.0. The number of halogens is 3. The van der Waals surface area contributed by atoms with E-state index in [1.54, 1.807) is 6.07 Å². The molecule has 3 aromatic rings. The molecule has 0 aliphatic rings. The van der Waals surface area contributed by atoms with E-state index < -0.39 is 38.8 Å². The monoisotopic (exact) mass is 550 g/mol. The van der Waals surface area contributed by atoms with Crippen LogP contribution >= 0.6 is 0 Å². The second-order valence-electron chi connectivity index (χ2n) is 8.52. The van der Waals surface area contributed by atoms with Crippen LogP contribution in [0.5, 0.6) is 11.5 Å². The van der Waals surface area contributed by atoms with Crippen molar-refractivity contribution < 1.29 is 41.0 Å². The first kappa shape index (κ1) is 28.7. The van der Waals surface area contributed by atoms with Gasteiger partial charge in [0.25, 0.3) is 5.91 Å². The second kappa shape index (κ2) is 11.7. The minimum absolute atomic E-state index is 0.0858. The van der Waals surface area contributed by atoms with E-state index in [9.17, 15) is 31.2 Å². The Morgan fingerprint density at radius 2 is 1.71 bits per heavy atom. The number of nitrogens with two attached hydrogens (primary N) is 1. The number of aliphatic carboxylic acids is 1. The first-order chi connectivity index (χ1) is 17.7. The maximum absolute atomic E-state index is 12.9. The lowest BCUT2D eigenvalue weighted by Gasteiger charge is -2.17. The molecule has 0 aliphatic carbocycles. The Balaban J connectivity index is 1.67. The van der Waals surface area contributed by atoms with Crippen molar-refractivity contribution in [3.05, 3.63) is 94.5 Å². The van der Waals surface area contributed by atoms with Crippen molar-refractivity contribution in [1.29, 1.82) is 0 Å². The molecular weight excluding hydrogens is 525 g/mol. The molecule has 0 spiro atoms. The number of nitrogens with one attached hydrogen (secondary N) is 1. The fourth-order valence-electron chi connectivity index (χ4n) is 3.56. The first-order valence-corrected chi connectivity index (χ1v) is 13.2. The molecule has 3 aromatic carbocycles. The van der Waals surface area contributed by atoms with Crippen LogP contribution in [0.3, 0.4) is 0 Å². The van der Waals surface area contributed by atoms with Crippen LogP contribution in [0.2, 0.25) is 0 Å². The van der Waals surface area contributed by atoms with E-state index in [1.807, 2.05) is 0 Å². The van der Waals surface area contributed by atoms with Gasteiger partial charge in [0.15, 0.2) is 9.84 Å². The Labute approximate surface area is 217 Å². The number of rotatable bonds is 10. The molecule has 0 aromatic heterocycles. The quantitative estimate of drug-likeness (QED) is 0.346. The van der Waals surface area contributed by atoms with Crippen LogP contribution in [-0.4, -0.2) is 38.2 Å². The summed E-state index contributed by atoms with van der Waals surface area (Å²) in [6.45, 7) is 0.119. The Hall–Kier alpha value is -3.90. The molecule has 202 valence electrons. The van der Waals surface area contributed by atoms with Gasteiger partial charge in [0.05, 0.1) is 12.0 Å². The summed E-state index contributed by atoms with van der Waals surface area (Å²) in [5, 5.41) is 10.2. The zero-order valence-corrected chi connectivity index (χ0v) is 21.0. The summed E-state index contributed by atoms with van der Waals surface area (Å²) in [5.41, 5.74) is 6.26. The number of hydrogen-bond donors (Lipinski definition) is 3. The van der Waals surface area contributed by atoms with Crippen molar-refractivity contribution in [1.82, 2.24) is 5.32 Å². The predicted octanol–water partition coefficient (Wildman–Crippen LogP) is 4.10. The fraction of sp³-hybridized carbons (Fsp3) is 0.231. The van der Waals surface area contributed by atoms with Gasteiger partial charge in [-0.05, 0) is 60.0 Å². The number of sulfone groups is 1. The highest BCUT2D eigenvalue weighted by atomic mass is 32.2. The van der Waals surface area contributed by atoms with Crippen molar-refractivity contribution in [2.24, 2.45) is 5.73 Å². The topological polar surface area (TPSA) is 136 Å². The van der Waals surface area contributed by atoms with E-state index in [-0.39, 0.29) is 42.0 Å². The Bertz CT molecular complexity index is 1420. The van der Waals surface area contributed by atoms with Crippen LogP contribution in [0.25, 0.3) is 0 Å². The van der Waals surface area contributed by atoms with Crippen LogP contribution < -0.4 is 15.8 Å². The molecule has 1 amide bonds. The van der Waals surface area contributed by atoms with E-state index in [0.717, 1.165) is 18.4 Å². The van der Waals surface area contributed by atoms with Crippen LogP contribution in [0.1, 0.15) is 38.0 Å². The number of hydrogen-bond acceptors (Lipinski definition) is 6. The van der Waals surface area contributed by atoms with Crippen molar-refractivity contribution in [3.8, 4) is 11.5 Å². The van der Waals surface area contributed by atoms with Crippen molar-refractivity contribution in [2.75, 3.05) is 12.8 Å². The maximum atomic E-state index is 12.9. The van der Waals surface area contributed by atoms with Gasteiger partial charge in [-0.3, -0.25) is 9.59 Å². The lowest BCUT2D eigenvalue weighted by Crippen LogP contribution is -2.25. The highest BCUT2D eigenvalue weighted by molar-refractivity contribution is 7.90. The molecule has 1 unspecified atom stereocenters. The minimum atomic E-state index is -4.44. The van der Waals surface area contributed by atoms with Crippen LogP contribution in [0.15, 0.2) is 66.7 Å². The number of ether oxygens (including phenoxy) is 1. The summed E-state index contributed by atoms with van der Waals surface area (Å²) >= 11 is 0. The number of amides is 1. The highest BCUT2D eigenvalue weighted by Crippen LogP contribution is 2.32. The summed E-state index contributed by atoms with van der Waals surface area (Å²) < 4.78 is 68.4. The number of alkyl halides is 3. The average molecular weight is 551 g/mol. The lowest BCUT2D eigenvalue weighted by molar-refractivity contribution is -0.138. The Kier molecular flexibility index (Phi) is 8.79. The van der Waals surface area contributed by atoms with Crippen LogP contribution in [0.4, 0.5) is 13.2 Å². The van der Waals surface area contributed by atoms with Gasteiger partial charge in [0, 0.05) is 23.9 Å². The SMILES string of the molecule is CS(=O)(=O)C(N)c1cc(CC(=O)O)ccc1Oc1ccc(C(=O)NCCc2cccc(C(F)(F)F)c2)cc1. The molecule has 38 heavy (non-hydrogen) atoms. The van der Waals surface area contributed by atoms with E-state index >= 15 is 0 Å². The van der Waals surface area contributed by atoms with Gasteiger partial charge in [-0.2, -0.15) is 13.2 Å². The normalized spacial score (nSPS) is 12.6. The van der Waals surface area contributed by atoms with Gasteiger partial charge < -0.3 is 20.9 Å². The molecule has 0 aliphatic heterocycles. The molecule has 0 bridgehead atoms. The summed E-state index contributed by atoms with van der Waals surface area (Å²) in [4.78, 5) is 23.5. The molecular formula is C26H25F3N2O6S. The fourth-order valence-corrected chi connectivity index (χ4v) is 4.20. The molecule has 0 saturated heterocycles. The van der Waals surface area contributed by atoms with Gasteiger partial charge in [-0.1, -0.05) is 24.3 Å². The zero-order chi connectivity index (χ0) is 28.1. The van der Waals surface area contributed by atoms with Gasteiger partial charge in [0.1, 0.15) is 16.9 Å². The molecule has 4 N–H and O–H groups in total. The molecule has 3 rings (SSSR count). The summed E-state index contributed by atoms with van der Waals surface area (Å²) in [5.74, 6) is -1.17. The molecule has 0 radical (unpaired) electrons. The zero-order valence-electron chi connectivity index (χ0n) is 20.2. The third kappa shape index (κ3) is 7.80. The van der Waals surface area contributed by atoms with Crippen molar-refractivity contribution in [2.45, 2.75) is 24.4 Å². The number of carboxylic acid groups (broad SMARTS) is 1. The molecule has 0 heterocycles. The van der Waals surface area contributed by atoms with Gasteiger partial charge in [-0.25, -0.2) is 8.42 Å². The summed E-state index contributed by atoms with van der Waals surface area (Å²) in [6.07, 6.45) is -3.62. The molecule has 0 fully saturated rings. The molecule has 12 heteroatoms. The minimum Gasteiger partial charge on any atom is -0.481 e. The Morgan fingerprint density at radius 3 is 2.32 bits per heavy atom. The lowest BCUT2D eigenvalue weighted by atomic mass is 10.1. The molecule has 8 nitrogen and oxygen atoms in total. The van der Waals surface area contributed by atoms with Gasteiger partial charge in [-0.15, -0.1) is 0 Å². The first-order valence-electron chi connectivity index (χ1n) is 11.3. The standard InChI is InChI=1S/C26H25F3N2O6S/c1-38(35,36)24(30)21-14-17(15-23(32)33)5-10-22(21)37-20-8-6-18(7-9-20)25(34)31-12-11-16-3-2-4-19(13-16)26(27,28)29/h2-10,13-14,24H,11-12,15,30H2,1H3,(H,31,34)(H,32,33). The number of carbonyl (C=O) groups is 2. The van der Waals surface area contributed by atoms with E-state index in [4.69, 9.17) is 15.6 Å². The van der Waals surface area contributed by atoms with E-state index in [0.29, 0.717) is 11.1 Å². The summed E-state index contributed by atoms with van der Waals surface area (Å²) in [7, 11) is -3.73. The largest absolute Gasteiger partial charge is 0.481 e. The predicted molar refractivity (Wildman–Crippen MR) is 134 cm³/mol. The third-order valence-corrected chi connectivity index (χ3v) is 6.67. The molecule has 1 atom stereocenters. The maximum Gasteiger partial charge on any atom is 0.416 e. The van der Waals surface area contributed by atoms with Gasteiger partial charge >= 0.3 is 12.1 Å². The highest BCUT2D eigenvalue weighted by Gasteiger charge is 2.30. The third-order valence-electron chi connectivity index (χ3n) is 5.50. The van der Waals surface area contributed by atoms with Crippen molar-refractivity contribution >= 4 is 21.7 Å². The average Bonchev–Trinajstić information content (AvgIpc) is 2.83. The van der Waals surface area contributed by atoms with E-state index in [2.05, 4.69) is 5.32 Å². The van der Waals surface area contributed by atoms with Crippen molar-refractivity contribution in [3.63, 3.8) is 0 Å². The number of carboxylic acids is 1. The smallest absolute Gasteiger partial charge is 0.416 e. The number of benzene rings is 3. The van der Waals surface area contributed by atoms with Crippen LogP contribution in [-0.2, 0) is 33.6 Å². The Morgan fingerprint density at radius 1 is 1.03 bits per heavy atom. The molecule has 0 saturated carbocycles.